The summed E-state index contributed by atoms with van der Waals surface area (Å²) in [5, 5.41) is 10.3. The van der Waals surface area contributed by atoms with Crippen LogP contribution in [0.5, 0.6) is 0 Å². The molecule has 1 N–H and O–H groups in total. The number of fused-ring (bicyclic) bond motifs is 1. The van der Waals surface area contributed by atoms with E-state index in [-0.39, 0.29) is 6.10 Å². The van der Waals surface area contributed by atoms with Crippen LogP contribution in [0.15, 0.2) is 29.2 Å². The molecule has 98 valence electrons. The molecule has 2 unspecified atom stereocenters. The SMILES string of the molecule is OC(CCC1CSc2ccccc21)C1CCCC1. The van der Waals surface area contributed by atoms with E-state index in [2.05, 4.69) is 24.3 Å². The molecule has 2 aliphatic rings. The molecular weight excluding hydrogens is 240 g/mol. The first-order chi connectivity index (χ1) is 8.84. The zero-order valence-electron chi connectivity index (χ0n) is 10.8. The van der Waals surface area contributed by atoms with Crippen molar-refractivity contribution in [3.63, 3.8) is 0 Å². The maximum absolute atomic E-state index is 10.3. The number of rotatable bonds is 4. The largest absolute Gasteiger partial charge is 0.393 e. The van der Waals surface area contributed by atoms with Gasteiger partial charge in [-0.2, -0.15) is 0 Å². The first kappa shape index (κ1) is 12.6. The van der Waals surface area contributed by atoms with Crippen molar-refractivity contribution < 1.29 is 5.11 Å². The minimum atomic E-state index is -0.0507. The monoisotopic (exact) mass is 262 g/mol. The molecule has 2 atom stereocenters. The molecule has 0 spiro atoms. The third kappa shape index (κ3) is 2.60. The summed E-state index contributed by atoms with van der Waals surface area (Å²) in [5.41, 5.74) is 1.51. The van der Waals surface area contributed by atoms with Gasteiger partial charge in [0.1, 0.15) is 0 Å². The van der Waals surface area contributed by atoms with Crippen LogP contribution in [0.2, 0.25) is 0 Å². The molecule has 2 heteroatoms. The van der Waals surface area contributed by atoms with Gasteiger partial charge in [0.2, 0.25) is 0 Å². The third-order valence-electron chi connectivity index (χ3n) is 4.55. The van der Waals surface area contributed by atoms with Crippen LogP contribution >= 0.6 is 11.8 Å². The zero-order valence-corrected chi connectivity index (χ0v) is 11.7. The topological polar surface area (TPSA) is 20.2 Å². The van der Waals surface area contributed by atoms with E-state index in [1.165, 1.54) is 41.9 Å². The molecule has 1 saturated carbocycles. The second-order valence-electron chi connectivity index (χ2n) is 5.73. The molecule has 0 radical (unpaired) electrons. The summed E-state index contributed by atoms with van der Waals surface area (Å²) in [6.07, 6.45) is 7.23. The van der Waals surface area contributed by atoms with E-state index in [1.54, 1.807) is 0 Å². The van der Waals surface area contributed by atoms with E-state index in [9.17, 15) is 5.11 Å². The lowest BCUT2D eigenvalue weighted by molar-refractivity contribution is 0.0981. The Kier molecular flexibility index (Phi) is 3.95. The van der Waals surface area contributed by atoms with Gasteiger partial charge >= 0.3 is 0 Å². The van der Waals surface area contributed by atoms with Crippen molar-refractivity contribution in [1.29, 1.82) is 0 Å². The van der Waals surface area contributed by atoms with Crippen LogP contribution in [0.3, 0.4) is 0 Å². The van der Waals surface area contributed by atoms with Crippen LogP contribution in [0.25, 0.3) is 0 Å². The highest BCUT2D eigenvalue weighted by atomic mass is 32.2. The quantitative estimate of drug-likeness (QED) is 0.877. The van der Waals surface area contributed by atoms with Crippen LogP contribution in [-0.4, -0.2) is 17.0 Å². The highest BCUT2D eigenvalue weighted by Crippen LogP contribution is 2.42. The first-order valence-corrected chi connectivity index (χ1v) is 8.23. The summed E-state index contributed by atoms with van der Waals surface area (Å²) in [5.74, 6) is 2.47. The van der Waals surface area contributed by atoms with Crippen molar-refractivity contribution >= 4 is 11.8 Å². The van der Waals surface area contributed by atoms with Gasteiger partial charge in [0.15, 0.2) is 0 Å². The average Bonchev–Trinajstić information content (AvgIpc) is 3.06. The fourth-order valence-electron chi connectivity index (χ4n) is 3.42. The van der Waals surface area contributed by atoms with E-state index in [1.807, 2.05) is 11.8 Å². The normalized spacial score (nSPS) is 25.3. The minimum absolute atomic E-state index is 0.0507. The Morgan fingerprint density at radius 2 is 2.00 bits per heavy atom. The number of aliphatic hydroxyl groups is 1. The lowest BCUT2D eigenvalue weighted by Gasteiger charge is -2.19. The lowest BCUT2D eigenvalue weighted by Crippen LogP contribution is -2.18. The van der Waals surface area contributed by atoms with E-state index < -0.39 is 0 Å². The van der Waals surface area contributed by atoms with E-state index in [0.29, 0.717) is 11.8 Å². The first-order valence-electron chi connectivity index (χ1n) is 7.24. The second kappa shape index (κ2) is 5.66. The maximum Gasteiger partial charge on any atom is 0.0568 e. The van der Waals surface area contributed by atoms with Crippen LogP contribution in [0, 0.1) is 5.92 Å². The molecule has 1 aliphatic carbocycles. The van der Waals surface area contributed by atoms with Gasteiger partial charge in [-0.3, -0.25) is 0 Å². The number of hydrogen-bond acceptors (Lipinski definition) is 2. The highest BCUT2D eigenvalue weighted by Gasteiger charge is 2.26. The van der Waals surface area contributed by atoms with Crippen molar-refractivity contribution in [2.45, 2.75) is 55.4 Å². The molecule has 1 heterocycles. The number of hydrogen-bond donors (Lipinski definition) is 1. The summed E-state index contributed by atoms with van der Waals surface area (Å²) >= 11 is 1.98. The number of benzene rings is 1. The zero-order chi connectivity index (χ0) is 12.4. The van der Waals surface area contributed by atoms with Crippen molar-refractivity contribution in [2.75, 3.05) is 5.75 Å². The molecule has 0 saturated heterocycles. The molecule has 1 fully saturated rings. The fourth-order valence-corrected chi connectivity index (χ4v) is 4.72. The summed E-state index contributed by atoms with van der Waals surface area (Å²) in [7, 11) is 0. The summed E-state index contributed by atoms with van der Waals surface area (Å²) < 4.78 is 0. The van der Waals surface area contributed by atoms with Gasteiger partial charge < -0.3 is 5.11 Å². The van der Waals surface area contributed by atoms with Gasteiger partial charge in [0.05, 0.1) is 6.10 Å². The lowest BCUT2D eigenvalue weighted by atomic mass is 9.90. The second-order valence-corrected chi connectivity index (χ2v) is 6.80. The van der Waals surface area contributed by atoms with Crippen LogP contribution in [0.4, 0.5) is 0 Å². The predicted octanol–water partition coefficient (Wildman–Crippen LogP) is 4.21. The van der Waals surface area contributed by atoms with Crippen LogP contribution in [0.1, 0.15) is 50.0 Å². The fraction of sp³-hybridized carbons (Fsp3) is 0.625. The minimum Gasteiger partial charge on any atom is -0.393 e. The Balaban J connectivity index is 1.55. The molecule has 1 aliphatic heterocycles. The van der Waals surface area contributed by atoms with Crippen LogP contribution < -0.4 is 0 Å². The summed E-state index contributed by atoms with van der Waals surface area (Å²) in [4.78, 5) is 1.46. The summed E-state index contributed by atoms with van der Waals surface area (Å²) in [6.45, 7) is 0. The molecule has 1 nitrogen and oxygen atoms in total. The van der Waals surface area contributed by atoms with Gasteiger partial charge in [-0.1, -0.05) is 31.0 Å². The molecule has 0 amide bonds. The van der Waals surface area contributed by atoms with E-state index in [4.69, 9.17) is 0 Å². The molecule has 0 bridgehead atoms. The Morgan fingerprint density at radius 3 is 2.83 bits per heavy atom. The molecular formula is C16H22OS. The highest BCUT2D eigenvalue weighted by molar-refractivity contribution is 7.99. The number of aliphatic hydroxyl groups excluding tert-OH is 1. The van der Waals surface area contributed by atoms with Gasteiger partial charge in [0, 0.05) is 10.6 Å². The molecule has 3 rings (SSSR count). The molecule has 18 heavy (non-hydrogen) atoms. The third-order valence-corrected chi connectivity index (χ3v) is 5.81. The van der Waals surface area contributed by atoms with Crippen molar-refractivity contribution in [3.8, 4) is 0 Å². The van der Waals surface area contributed by atoms with E-state index >= 15 is 0 Å². The van der Waals surface area contributed by atoms with Gasteiger partial charge in [0.25, 0.3) is 0 Å². The van der Waals surface area contributed by atoms with Crippen molar-refractivity contribution in [3.05, 3.63) is 29.8 Å². The molecule has 1 aromatic rings. The maximum atomic E-state index is 10.3. The molecule has 1 aromatic carbocycles. The van der Waals surface area contributed by atoms with Crippen LogP contribution in [-0.2, 0) is 0 Å². The Labute approximate surface area is 114 Å². The molecule has 0 aromatic heterocycles. The summed E-state index contributed by atoms with van der Waals surface area (Å²) in [6, 6.07) is 8.77. The smallest absolute Gasteiger partial charge is 0.0568 e. The van der Waals surface area contributed by atoms with Gasteiger partial charge in [-0.25, -0.2) is 0 Å². The van der Waals surface area contributed by atoms with Gasteiger partial charge in [-0.05, 0) is 49.1 Å². The van der Waals surface area contributed by atoms with Crippen molar-refractivity contribution in [2.24, 2.45) is 5.92 Å². The standard InChI is InChI=1S/C16H22OS/c17-15(12-5-1-2-6-12)10-9-13-11-18-16-8-4-3-7-14(13)16/h3-4,7-8,12-13,15,17H,1-2,5-6,9-11H2. The predicted molar refractivity (Wildman–Crippen MR) is 77.1 cm³/mol. The Bertz CT molecular complexity index is 398. The Hall–Kier alpha value is -0.470. The van der Waals surface area contributed by atoms with E-state index in [0.717, 1.165) is 12.8 Å². The van der Waals surface area contributed by atoms with Crippen molar-refractivity contribution in [1.82, 2.24) is 0 Å². The van der Waals surface area contributed by atoms with Gasteiger partial charge in [-0.15, -0.1) is 11.8 Å². The Morgan fingerprint density at radius 1 is 1.22 bits per heavy atom. The number of thioether (sulfide) groups is 1. The average molecular weight is 262 g/mol.